The third kappa shape index (κ3) is 2.10. The van der Waals surface area contributed by atoms with Gasteiger partial charge < -0.3 is 15.9 Å². The summed E-state index contributed by atoms with van der Waals surface area (Å²) in [5.74, 6) is -2.35. The van der Waals surface area contributed by atoms with E-state index in [4.69, 9.17) is 15.9 Å². The molecule has 0 bridgehead atoms. The lowest BCUT2D eigenvalue weighted by atomic mass is 10.0. The largest absolute Gasteiger partial charge is 0.478 e. The van der Waals surface area contributed by atoms with Gasteiger partial charge in [-0.25, -0.2) is 9.59 Å². The lowest BCUT2D eigenvalue weighted by molar-refractivity contribution is 0.0695. The number of carboxylic acid groups (broad SMARTS) is 2. The number of halogens is 2. The Bertz CT molecular complexity index is 458. The molecule has 86 valence electrons. The van der Waals surface area contributed by atoms with Crippen LogP contribution in [0.4, 0.5) is 5.69 Å². The molecule has 0 aliphatic carbocycles. The quantitative estimate of drug-likeness (QED) is 0.477. The Kier molecular flexibility index (Phi) is 3.99. The van der Waals surface area contributed by atoms with E-state index in [-0.39, 0.29) is 22.4 Å². The van der Waals surface area contributed by atoms with Gasteiger partial charge in [0.1, 0.15) is 0 Å². The van der Waals surface area contributed by atoms with Gasteiger partial charge in [-0.15, -0.1) is 0 Å². The standard InChI is InChI=1S/C9H7I2NO4/c1-2-3(8(13)14)5(10)7(12)6(11)4(2)9(15)16/h12H2,1H3,(H,13,14)(H,15,16). The summed E-state index contributed by atoms with van der Waals surface area (Å²) in [4.78, 5) is 22.1. The Morgan fingerprint density at radius 3 is 1.62 bits per heavy atom. The summed E-state index contributed by atoms with van der Waals surface area (Å²) in [5, 5.41) is 18.0. The molecule has 1 rings (SSSR count). The zero-order chi connectivity index (χ0) is 12.6. The van der Waals surface area contributed by atoms with Gasteiger partial charge in [0.15, 0.2) is 0 Å². The van der Waals surface area contributed by atoms with E-state index in [0.717, 1.165) is 0 Å². The fourth-order valence-corrected chi connectivity index (χ4v) is 3.65. The minimum atomic E-state index is -1.17. The third-order valence-corrected chi connectivity index (χ3v) is 4.33. The fourth-order valence-electron chi connectivity index (χ4n) is 1.33. The average Bonchev–Trinajstić information content (AvgIpc) is 2.13. The van der Waals surface area contributed by atoms with Crippen LogP contribution < -0.4 is 5.73 Å². The van der Waals surface area contributed by atoms with Crippen LogP contribution in [0.1, 0.15) is 26.3 Å². The maximum absolute atomic E-state index is 11.0. The van der Waals surface area contributed by atoms with Crippen molar-refractivity contribution in [3.8, 4) is 0 Å². The maximum Gasteiger partial charge on any atom is 0.337 e. The molecule has 0 fully saturated rings. The Labute approximate surface area is 118 Å². The van der Waals surface area contributed by atoms with Gasteiger partial charge in [0.05, 0.1) is 24.0 Å². The van der Waals surface area contributed by atoms with Crippen molar-refractivity contribution in [2.24, 2.45) is 0 Å². The molecule has 0 saturated heterocycles. The van der Waals surface area contributed by atoms with Crippen LogP contribution in [0.3, 0.4) is 0 Å². The first-order chi connectivity index (χ1) is 7.29. The summed E-state index contributed by atoms with van der Waals surface area (Å²) in [6.45, 7) is 1.47. The Balaban J connectivity index is 3.80. The van der Waals surface area contributed by atoms with Crippen LogP contribution in [0.25, 0.3) is 0 Å². The molecule has 4 N–H and O–H groups in total. The molecule has 0 spiro atoms. The van der Waals surface area contributed by atoms with Crippen LogP contribution >= 0.6 is 45.2 Å². The summed E-state index contributed by atoms with van der Waals surface area (Å²) < 4.78 is 0.744. The van der Waals surface area contributed by atoms with Gasteiger partial charge in [-0.2, -0.15) is 0 Å². The topological polar surface area (TPSA) is 101 Å². The number of nitrogens with two attached hydrogens (primary N) is 1. The van der Waals surface area contributed by atoms with E-state index in [1.54, 1.807) is 0 Å². The summed E-state index contributed by atoms with van der Waals surface area (Å²) in [7, 11) is 0. The van der Waals surface area contributed by atoms with Gasteiger partial charge in [0, 0.05) is 0 Å². The van der Waals surface area contributed by atoms with Crippen molar-refractivity contribution < 1.29 is 19.8 Å². The van der Waals surface area contributed by atoms with Crippen LogP contribution in [-0.2, 0) is 0 Å². The molecule has 0 heterocycles. The van der Waals surface area contributed by atoms with Crippen molar-refractivity contribution in [3.05, 3.63) is 23.8 Å². The van der Waals surface area contributed by atoms with Gasteiger partial charge in [-0.3, -0.25) is 0 Å². The van der Waals surface area contributed by atoms with Crippen LogP contribution in [0, 0.1) is 14.1 Å². The molecular formula is C9H7I2NO4. The second-order valence-corrected chi connectivity index (χ2v) is 5.18. The molecule has 7 heteroatoms. The zero-order valence-corrected chi connectivity index (χ0v) is 12.4. The van der Waals surface area contributed by atoms with Crippen molar-refractivity contribution in [1.82, 2.24) is 0 Å². The van der Waals surface area contributed by atoms with Crippen molar-refractivity contribution in [2.75, 3.05) is 5.73 Å². The highest BCUT2D eigenvalue weighted by Gasteiger charge is 2.24. The number of rotatable bonds is 2. The Morgan fingerprint density at radius 1 is 1.06 bits per heavy atom. The molecule has 1 aromatic carbocycles. The number of aromatic carboxylic acids is 2. The fraction of sp³-hybridized carbons (Fsp3) is 0.111. The number of carbonyl (C=O) groups is 2. The zero-order valence-electron chi connectivity index (χ0n) is 8.04. The second-order valence-electron chi connectivity index (χ2n) is 3.03. The van der Waals surface area contributed by atoms with E-state index in [1.165, 1.54) is 6.92 Å². The first kappa shape index (κ1) is 13.5. The number of nitrogen functional groups attached to an aromatic ring is 1. The van der Waals surface area contributed by atoms with Gasteiger partial charge in [-0.05, 0) is 57.7 Å². The second kappa shape index (κ2) is 4.73. The minimum absolute atomic E-state index is 0.0454. The van der Waals surface area contributed by atoms with Crippen molar-refractivity contribution in [3.63, 3.8) is 0 Å². The molecule has 1 aromatic rings. The first-order valence-corrected chi connectivity index (χ1v) is 6.18. The third-order valence-electron chi connectivity index (χ3n) is 2.09. The molecule has 0 radical (unpaired) electrons. The lowest BCUT2D eigenvalue weighted by Gasteiger charge is -2.13. The number of carboxylic acids is 2. The van der Waals surface area contributed by atoms with Crippen LogP contribution in [0.15, 0.2) is 0 Å². The number of hydrogen-bond donors (Lipinski definition) is 3. The molecular weight excluding hydrogens is 440 g/mol. The molecule has 16 heavy (non-hydrogen) atoms. The molecule has 0 amide bonds. The van der Waals surface area contributed by atoms with E-state index in [9.17, 15) is 9.59 Å². The van der Waals surface area contributed by atoms with Gasteiger partial charge >= 0.3 is 11.9 Å². The molecule has 0 unspecified atom stereocenters. The van der Waals surface area contributed by atoms with Crippen molar-refractivity contribution in [1.29, 1.82) is 0 Å². The summed E-state index contributed by atoms with van der Waals surface area (Å²) >= 11 is 3.62. The first-order valence-electron chi connectivity index (χ1n) is 4.02. The van der Waals surface area contributed by atoms with E-state index < -0.39 is 11.9 Å². The molecule has 0 saturated carbocycles. The summed E-state index contributed by atoms with van der Waals surface area (Å²) in [6, 6.07) is 0. The van der Waals surface area contributed by atoms with Crippen LogP contribution in [0.2, 0.25) is 0 Å². The average molecular weight is 447 g/mol. The highest BCUT2D eigenvalue weighted by Crippen LogP contribution is 2.32. The monoisotopic (exact) mass is 447 g/mol. The normalized spacial score (nSPS) is 10.2. The van der Waals surface area contributed by atoms with Gasteiger partial charge in [0.25, 0.3) is 0 Å². The molecule has 5 nitrogen and oxygen atoms in total. The van der Waals surface area contributed by atoms with E-state index >= 15 is 0 Å². The van der Waals surface area contributed by atoms with E-state index in [1.807, 2.05) is 45.2 Å². The number of anilines is 1. The minimum Gasteiger partial charge on any atom is -0.478 e. The molecule has 0 aliphatic heterocycles. The Morgan fingerprint density at radius 2 is 1.38 bits per heavy atom. The number of benzene rings is 1. The highest BCUT2D eigenvalue weighted by molar-refractivity contribution is 14.1. The predicted molar refractivity (Wildman–Crippen MR) is 74.9 cm³/mol. The smallest absolute Gasteiger partial charge is 0.337 e. The van der Waals surface area contributed by atoms with Gasteiger partial charge in [0.2, 0.25) is 0 Å². The van der Waals surface area contributed by atoms with Crippen LogP contribution in [0.5, 0.6) is 0 Å². The van der Waals surface area contributed by atoms with Crippen molar-refractivity contribution >= 4 is 62.8 Å². The van der Waals surface area contributed by atoms with E-state index in [2.05, 4.69) is 0 Å². The summed E-state index contributed by atoms with van der Waals surface area (Å²) in [5.41, 5.74) is 6.02. The highest BCUT2D eigenvalue weighted by atomic mass is 127. The molecule has 0 atom stereocenters. The molecule has 0 aromatic heterocycles. The Hall–Kier alpha value is -0.580. The van der Waals surface area contributed by atoms with E-state index in [0.29, 0.717) is 7.14 Å². The predicted octanol–water partition coefficient (Wildman–Crippen LogP) is 2.18. The van der Waals surface area contributed by atoms with Crippen molar-refractivity contribution in [2.45, 2.75) is 6.92 Å². The molecule has 0 aliphatic rings. The maximum atomic E-state index is 11.0. The van der Waals surface area contributed by atoms with Gasteiger partial charge in [-0.1, -0.05) is 0 Å². The number of hydrogen-bond acceptors (Lipinski definition) is 3. The van der Waals surface area contributed by atoms with Crippen LogP contribution in [-0.4, -0.2) is 22.2 Å². The SMILES string of the molecule is Cc1c(C(=O)O)c(I)c(N)c(I)c1C(=O)O. The lowest BCUT2D eigenvalue weighted by Crippen LogP contribution is -2.14. The summed E-state index contributed by atoms with van der Waals surface area (Å²) in [6.07, 6.45) is 0.